The zero-order chi connectivity index (χ0) is 18.0. The average molecular weight is 358 g/mol. The van der Waals surface area contributed by atoms with E-state index in [1.807, 2.05) is 36.4 Å². The molecule has 1 unspecified atom stereocenters. The molecule has 25 heavy (non-hydrogen) atoms. The Hall–Kier alpha value is -2.51. The molecule has 0 radical (unpaired) electrons. The third-order valence-corrected chi connectivity index (χ3v) is 4.27. The van der Waals surface area contributed by atoms with E-state index < -0.39 is 16.2 Å². The number of nitrogens with one attached hydrogen (secondary N) is 1. The summed E-state index contributed by atoms with van der Waals surface area (Å²) in [5, 5.41) is 4.61. The minimum atomic E-state index is -3.54. The van der Waals surface area contributed by atoms with Gasteiger partial charge in [0.25, 0.3) is 16.0 Å². The largest absolute Gasteiger partial charge is 0.347 e. The predicted molar refractivity (Wildman–Crippen MR) is 97.0 cm³/mol. The Morgan fingerprint density at radius 3 is 2.64 bits per heavy atom. The lowest BCUT2D eigenvalue weighted by Gasteiger charge is -2.14. The number of carbonyl (C=O) groups is 1. The molecule has 0 bridgehead atoms. The fourth-order valence-electron chi connectivity index (χ4n) is 2.55. The molecule has 3 rings (SSSR count). The second-order valence-electron chi connectivity index (χ2n) is 5.92. The number of carbonyl (C=O) groups excluding carboxylic acids is 1. The van der Waals surface area contributed by atoms with E-state index in [-0.39, 0.29) is 12.5 Å². The van der Waals surface area contributed by atoms with Crippen molar-refractivity contribution in [2.45, 2.75) is 13.0 Å². The van der Waals surface area contributed by atoms with Crippen molar-refractivity contribution in [1.82, 2.24) is 10.3 Å². The van der Waals surface area contributed by atoms with E-state index in [2.05, 4.69) is 10.3 Å². The number of amides is 1. The maximum absolute atomic E-state index is 12.6. The lowest BCUT2D eigenvalue weighted by Crippen LogP contribution is -2.36. The number of nitrogens with zero attached hydrogens (tertiary/aromatic N) is 1. The maximum Gasteiger partial charge on any atom is 0.264 e. The average Bonchev–Trinajstić information content (AvgIpc) is 2.57. The quantitative estimate of drug-likeness (QED) is 0.559. The van der Waals surface area contributed by atoms with Gasteiger partial charge in [-0.3, -0.25) is 8.98 Å². The minimum absolute atomic E-state index is 0.119. The topological polar surface area (TPSA) is 85.4 Å². The zero-order valence-corrected chi connectivity index (χ0v) is 14.7. The van der Waals surface area contributed by atoms with Crippen molar-refractivity contribution in [3.63, 3.8) is 0 Å². The normalized spacial score (nSPS) is 13.0. The molecule has 1 heterocycles. The molecule has 1 atom stereocenters. The number of rotatable bonds is 5. The summed E-state index contributed by atoms with van der Waals surface area (Å²) in [5.74, 6) is -0.321. The molecule has 130 valence electrons. The molecule has 0 aliphatic rings. The zero-order valence-electron chi connectivity index (χ0n) is 13.9. The molecule has 0 aliphatic heterocycles. The first kappa shape index (κ1) is 17.3. The van der Waals surface area contributed by atoms with Crippen LogP contribution in [0.25, 0.3) is 21.8 Å². The Morgan fingerprint density at radius 2 is 1.88 bits per heavy atom. The molecule has 7 heteroatoms. The Labute approximate surface area is 145 Å². The van der Waals surface area contributed by atoms with Crippen LogP contribution in [0.2, 0.25) is 0 Å². The molecular weight excluding hydrogens is 340 g/mol. The van der Waals surface area contributed by atoms with Gasteiger partial charge < -0.3 is 5.32 Å². The highest BCUT2D eigenvalue weighted by Gasteiger charge is 2.15. The molecular formula is C18H18N2O4S. The molecule has 6 nitrogen and oxygen atoms in total. The van der Waals surface area contributed by atoms with Gasteiger partial charge in [-0.1, -0.05) is 30.3 Å². The molecule has 0 spiro atoms. The summed E-state index contributed by atoms with van der Waals surface area (Å²) < 4.78 is 26.8. The van der Waals surface area contributed by atoms with Crippen LogP contribution in [0, 0.1) is 0 Å². The van der Waals surface area contributed by atoms with Crippen LogP contribution in [0.4, 0.5) is 0 Å². The molecule has 0 saturated carbocycles. The predicted octanol–water partition coefficient (Wildman–Crippen LogP) is 2.48. The van der Waals surface area contributed by atoms with Crippen molar-refractivity contribution in [3.8, 4) is 0 Å². The van der Waals surface area contributed by atoms with E-state index in [9.17, 15) is 13.2 Å². The monoisotopic (exact) mass is 358 g/mol. The lowest BCUT2D eigenvalue weighted by atomic mass is 10.1. The molecule has 0 fully saturated rings. The fourth-order valence-corrected chi connectivity index (χ4v) is 3.01. The van der Waals surface area contributed by atoms with Gasteiger partial charge in [-0.05, 0) is 25.1 Å². The number of para-hydroxylation sites is 2. The van der Waals surface area contributed by atoms with Gasteiger partial charge in [-0.15, -0.1) is 0 Å². The van der Waals surface area contributed by atoms with Gasteiger partial charge in [0, 0.05) is 10.8 Å². The first-order valence-electron chi connectivity index (χ1n) is 7.77. The van der Waals surface area contributed by atoms with Gasteiger partial charge in [0.1, 0.15) is 0 Å². The van der Waals surface area contributed by atoms with Gasteiger partial charge in [-0.2, -0.15) is 8.42 Å². The summed E-state index contributed by atoms with van der Waals surface area (Å²) in [6, 6.07) is 14.6. The second kappa shape index (κ2) is 6.78. The highest BCUT2D eigenvalue weighted by molar-refractivity contribution is 7.85. The summed E-state index contributed by atoms with van der Waals surface area (Å²) in [4.78, 5) is 17.2. The number of pyridine rings is 1. The standard InChI is InChI=1S/C18H18N2O4S/c1-12(11-24-25(2,22)23)19-18(21)15-8-5-7-14-10-13-6-3-4-9-16(13)20-17(14)15/h3-10,12H,11H2,1-2H3,(H,19,21). The van der Waals surface area contributed by atoms with Crippen molar-refractivity contribution in [2.24, 2.45) is 0 Å². The third-order valence-electron chi connectivity index (χ3n) is 3.70. The van der Waals surface area contributed by atoms with Gasteiger partial charge >= 0.3 is 0 Å². The highest BCUT2D eigenvalue weighted by atomic mass is 32.2. The van der Waals surface area contributed by atoms with Crippen LogP contribution in [-0.2, 0) is 14.3 Å². The summed E-state index contributed by atoms with van der Waals surface area (Å²) in [6.07, 6.45) is 0.973. The van der Waals surface area contributed by atoms with E-state index in [0.717, 1.165) is 22.5 Å². The van der Waals surface area contributed by atoms with Crippen molar-refractivity contribution in [1.29, 1.82) is 0 Å². The summed E-state index contributed by atoms with van der Waals surface area (Å²) in [6.45, 7) is 1.56. The Bertz CT molecular complexity index is 1050. The number of fused-ring (bicyclic) bond motifs is 2. The molecule has 3 aromatic rings. The van der Waals surface area contributed by atoms with Gasteiger partial charge in [0.05, 0.1) is 35.5 Å². The van der Waals surface area contributed by atoms with Crippen molar-refractivity contribution < 1.29 is 17.4 Å². The Balaban J connectivity index is 1.89. The number of hydrogen-bond donors (Lipinski definition) is 1. The van der Waals surface area contributed by atoms with Crippen molar-refractivity contribution in [2.75, 3.05) is 12.9 Å². The van der Waals surface area contributed by atoms with E-state index in [1.54, 1.807) is 19.1 Å². The summed E-state index contributed by atoms with van der Waals surface area (Å²) in [5.41, 5.74) is 1.85. The SMILES string of the molecule is CC(COS(C)(=O)=O)NC(=O)c1cccc2cc3ccccc3nc12. The first-order valence-corrected chi connectivity index (χ1v) is 9.59. The van der Waals surface area contributed by atoms with E-state index in [1.165, 1.54) is 0 Å². The van der Waals surface area contributed by atoms with Gasteiger partial charge in [0.2, 0.25) is 0 Å². The second-order valence-corrected chi connectivity index (χ2v) is 7.57. The van der Waals surface area contributed by atoms with Crippen LogP contribution < -0.4 is 5.32 Å². The summed E-state index contributed by atoms with van der Waals surface area (Å²) >= 11 is 0. The number of aromatic nitrogens is 1. The Kier molecular flexibility index (Phi) is 4.69. The maximum atomic E-state index is 12.6. The van der Waals surface area contributed by atoms with Crippen LogP contribution in [0.5, 0.6) is 0 Å². The molecule has 1 aromatic heterocycles. The van der Waals surface area contributed by atoms with Gasteiger partial charge in [0.15, 0.2) is 0 Å². The number of hydrogen-bond acceptors (Lipinski definition) is 5. The molecule has 2 aromatic carbocycles. The van der Waals surface area contributed by atoms with Crippen LogP contribution >= 0.6 is 0 Å². The molecule has 0 saturated heterocycles. The van der Waals surface area contributed by atoms with Crippen molar-refractivity contribution in [3.05, 3.63) is 54.1 Å². The smallest absolute Gasteiger partial charge is 0.264 e. The van der Waals surface area contributed by atoms with Crippen LogP contribution in [-0.4, -0.2) is 38.2 Å². The van der Waals surface area contributed by atoms with Crippen LogP contribution in [0.3, 0.4) is 0 Å². The number of benzene rings is 2. The first-order chi connectivity index (χ1) is 11.8. The van der Waals surface area contributed by atoms with E-state index in [4.69, 9.17) is 4.18 Å². The van der Waals surface area contributed by atoms with Crippen LogP contribution in [0.1, 0.15) is 17.3 Å². The van der Waals surface area contributed by atoms with Crippen molar-refractivity contribution >= 4 is 37.8 Å². The molecule has 1 amide bonds. The molecule has 0 aliphatic carbocycles. The molecule has 1 N–H and O–H groups in total. The van der Waals surface area contributed by atoms with Crippen LogP contribution in [0.15, 0.2) is 48.5 Å². The van der Waals surface area contributed by atoms with Gasteiger partial charge in [-0.25, -0.2) is 4.98 Å². The Morgan fingerprint density at radius 1 is 1.16 bits per heavy atom. The lowest BCUT2D eigenvalue weighted by molar-refractivity contribution is 0.0928. The third kappa shape index (κ3) is 4.12. The van der Waals surface area contributed by atoms with E-state index >= 15 is 0 Å². The fraction of sp³-hybridized carbons (Fsp3) is 0.222. The minimum Gasteiger partial charge on any atom is -0.347 e. The highest BCUT2D eigenvalue weighted by Crippen LogP contribution is 2.22. The van der Waals surface area contributed by atoms with E-state index in [0.29, 0.717) is 11.1 Å². The summed E-state index contributed by atoms with van der Waals surface area (Å²) in [7, 11) is -3.54.